The van der Waals surface area contributed by atoms with E-state index in [4.69, 9.17) is 0 Å². The molecule has 104 valence electrons. The topological polar surface area (TPSA) is 78.6 Å². The molecule has 1 aromatic rings. The van der Waals surface area contributed by atoms with Gasteiger partial charge in [-0.05, 0) is 27.6 Å². The molecule has 1 fully saturated rings. The van der Waals surface area contributed by atoms with Gasteiger partial charge >= 0.3 is 0 Å². The molecule has 1 aliphatic rings. The molecule has 7 heteroatoms. The molecule has 0 radical (unpaired) electrons. The minimum absolute atomic E-state index is 0.0334. The summed E-state index contributed by atoms with van der Waals surface area (Å²) in [6, 6.07) is 4.83. The van der Waals surface area contributed by atoms with Crippen molar-refractivity contribution < 1.29 is 10.0 Å². The second-order valence-corrected chi connectivity index (χ2v) is 5.31. The maximum Gasteiger partial charge on any atom is 0.283 e. The first-order valence-corrected chi connectivity index (χ1v) is 6.92. The summed E-state index contributed by atoms with van der Waals surface area (Å²) >= 11 is 3.17. The van der Waals surface area contributed by atoms with Crippen LogP contribution in [0.4, 0.5) is 5.69 Å². The van der Waals surface area contributed by atoms with Crippen molar-refractivity contribution in [2.24, 2.45) is 0 Å². The van der Waals surface area contributed by atoms with Crippen molar-refractivity contribution in [3.8, 4) is 0 Å². The highest BCUT2D eigenvalue weighted by atomic mass is 79.9. The van der Waals surface area contributed by atoms with E-state index >= 15 is 0 Å². The van der Waals surface area contributed by atoms with Crippen LogP contribution in [0.5, 0.6) is 0 Å². The Morgan fingerprint density at radius 2 is 2.16 bits per heavy atom. The number of nitrogens with one attached hydrogen (secondary N) is 1. The molecule has 6 nitrogen and oxygen atoms in total. The number of nitro groups is 1. The SMILES string of the molecule is O=[N+]([O-])c1cc([C@H](CO)N2CCNCC2)ccc1Br. The van der Waals surface area contributed by atoms with Crippen molar-refractivity contribution in [2.75, 3.05) is 32.8 Å². The number of benzene rings is 1. The average molecular weight is 330 g/mol. The first-order chi connectivity index (χ1) is 9.13. The zero-order valence-corrected chi connectivity index (χ0v) is 12.0. The van der Waals surface area contributed by atoms with E-state index in [1.165, 1.54) is 6.07 Å². The minimum atomic E-state index is -0.417. The Balaban J connectivity index is 2.27. The number of nitro benzene ring substituents is 1. The Labute approximate surface area is 119 Å². The number of hydrogen-bond donors (Lipinski definition) is 2. The van der Waals surface area contributed by atoms with Gasteiger partial charge in [0, 0.05) is 32.2 Å². The Kier molecular flexibility index (Phi) is 4.87. The second kappa shape index (κ2) is 6.42. The molecule has 0 spiro atoms. The van der Waals surface area contributed by atoms with Crippen LogP contribution in [-0.2, 0) is 0 Å². The third-order valence-electron chi connectivity index (χ3n) is 3.32. The first kappa shape index (κ1) is 14.4. The molecular weight excluding hydrogens is 314 g/mol. The number of nitrogens with zero attached hydrogens (tertiary/aromatic N) is 2. The standard InChI is InChI=1S/C12H16BrN3O3/c13-10-2-1-9(7-11(10)16(18)19)12(8-17)15-5-3-14-4-6-15/h1-2,7,12,14,17H,3-6,8H2/t12-/m0/s1. The van der Waals surface area contributed by atoms with Gasteiger partial charge in [-0.1, -0.05) is 6.07 Å². The summed E-state index contributed by atoms with van der Waals surface area (Å²) in [4.78, 5) is 12.7. The van der Waals surface area contributed by atoms with Gasteiger partial charge in [0.05, 0.1) is 22.0 Å². The van der Waals surface area contributed by atoms with Gasteiger partial charge in [-0.25, -0.2) is 0 Å². The minimum Gasteiger partial charge on any atom is -0.394 e. The number of rotatable bonds is 4. The smallest absolute Gasteiger partial charge is 0.283 e. The van der Waals surface area contributed by atoms with Crippen LogP contribution < -0.4 is 5.32 Å². The molecular formula is C12H16BrN3O3. The van der Waals surface area contributed by atoms with Crippen LogP contribution in [0.3, 0.4) is 0 Å². The third kappa shape index (κ3) is 3.30. The van der Waals surface area contributed by atoms with Crippen LogP contribution in [0.1, 0.15) is 11.6 Å². The third-order valence-corrected chi connectivity index (χ3v) is 3.99. The average Bonchev–Trinajstić information content (AvgIpc) is 2.42. The lowest BCUT2D eigenvalue weighted by Crippen LogP contribution is -2.46. The Hall–Kier alpha value is -1.02. The number of aliphatic hydroxyl groups excluding tert-OH is 1. The van der Waals surface area contributed by atoms with Crippen molar-refractivity contribution in [1.82, 2.24) is 10.2 Å². The molecule has 0 saturated carbocycles. The largest absolute Gasteiger partial charge is 0.394 e. The molecule has 1 atom stereocenters. The van der Waals surface area contributed by atoms with Gasteiger partial charge in [-0.2, -0.15) is 0 Å². The highest BCUT2D eigenvalue weighted by Gasteiger charge is 2.23. The van der Waals surface area contributed by atoms with E-state index in [1.807, 2.05) is 6.07 Å². The van der Waals surface area contributed by atoms with Crippen molar-refractivity contribution in [3.05, 3.63) is 38.3 Å². The molecule has 2 rings (SSSR count). The normalized spacial score (nSPS) is 18.2. The zero-order chi connectivity index (χ0) is 13.8. The lowest BCUT2D eigenvalue weighted by molar-refractivity contribution is -0.385. The van der Waals surface area contributed by atoms with E-state index in [-0.39, 0.29) is 18.3 Å². The second-order valence-electron chi connectivity index (χ2n) is 4.45. The summed E-state index contributed by atoms with van der Waals surface area (Å²) in [7, 11) is 0. The summed E-state index contributed by atoms with van der Waals surface area (Å²) in [6.45, 7) is 3.35. The van der Waals surface area contributed by atoms with E-state index in [0.717, 1.165) is 31.7 Å². The highest BCUT2D eigenvalue weighted by molar-refractivity contribution is 9.10. The molecule has 2 N–H and O–H groups in total. The van der Waals surface area contributed by atoms with Gasteiger partial charge in [0.2, 0.25) is 0 Å². The molecule has 1 saturated heterocycles. The van der Waals surface area contributed by atoms with Crippen molar-refractivity contribution in [3.63, 3.8) is 0 Å². The van der Waals surface area contributed by atoms with Crippen molar-refractivity contribution in [1.29, 1.82) is 0 Å². The summed E-state index contributed by atoms with van der Waals surface area (Å²) in [6.07, 6.45) is 0. The Morgan fingerprint density at radius 3 is 2.74 bits per heavy atom. The maximum atomic E-state index is 11.0. The van der Waals surface area contributed by atoms with Crippen LogP contribution in [-0.4, -0.2) is 47.7 Å². The highest BCUT2D eigenvalue weighted by Crippen LogP contribution is 2.30. The van der Waals surface area contributed by atoms with E-state index in [1.54, 1.807) is 6.07 Å². The summed E-state index contributed by atoms with van der Waals surface area (Å²) in [5.74, 6) is 0. The van der Waals surface area contributed by atoms with Gasteiger partial charge in [-0.3, -0.25) is 15.0 Å². The number of hydrogen-bond acceptors (Lipinski definition) is 5. The van der Waals surface area contributed by atoms with Crippen LogP contribution in [0.2, 0.25) is 0 Å². The molecule has 0 amide bonds. The molecule has 0 unspecified atom stereocenters. The van der Waals surface area contributed by atoms with Crippen LogP contribution in [0.15, 0.2) is 22.7 Å². The molecule has 0 aliphatic carbocycles. The van der Waals surface area contributed by atoms with E-state index < -0.39 is 4.92 Å². The van der Waals surface area contributed by atoms with Gasteiger partial charge in [0.1, 0.15) is 0 Å². The molecule has 1 heterocycles. The lowest BCUT2D eigenvalue weighted by Gasteiger charge is -2.34. The van der Waals surface area contributed by atoms with E-state index in [0.29, 0.717) is 4.47 Å². The van der Waals surface area contributed by atoms with Crippen LogP contribution in [0.25, 0.3) is 0 Å². The predicted molar refractivity (Wildman–Crippen MR) is 75.1 cm³/mol. The predicted octanol–water partition coefficient (Wildman–Crippen LogP) is 1.30. The molecule has 1 aliphatic heterocycles. The molecule has 0 bridgehead atoms. The Bertz CT molecular complexity index is 464. The molecule has 19 heavy (non-hydrogen) atoms. The zero-order valence-electron chi connectivity index (χ0n) is 10.4. The van der Waals surface area contributed by atoms with Gasteiger partial charge in [0.15, 0.2) is 0 Å². The van der Waals surface area contributed by atoms with E-state index in [9.17, 15) is 15.2 Å². The fourth-order valence-corrected chi connectivity index (χ4v) is 2.69. The first-order valence-electron chi connectivity index (χ1n) is 6.13. The fraction of sp³-hybridized carbons (Fsp3) is 0.500. The quantitative estimate of drug-likeness (QED) is 0.643. The van der Waals surface area contributed by atoms with Crippen molar-refractivity contribution >= 4 is 21.6 Å². The van der Waals surface area contributed by atoms with Crippen LogP contribution >= 0.6 is 15.9 Å². The number of halogens is 1. The Morgan fingerprint density at radius 1 is 1.47 bits per heavy atom. The summed E-state index contributed by atoms with van der Waals surface area (Å²) < 4.78 is 0.457. The van der Waals surface area contributed by atoms with Crippen molar-refractivity contribution in [2.45, 2.75) is 6.04 Å². The monoisotopic (exact) mass is 329 g/mol. The van der Waals surface area contributed by atoms with Gasteiger partial charge in [-0.15, -0.1) is 0 Å². The lowest BCUT2D eigenvalue weighted by atomic mass is 10.0. The summed E-state index contributed by atoms with van der Waals surface area (Å²) in [5, 5.41) is 23.8. The molecule has 1 aromatic carbocycles. The van der Waals surface area contributed by atoms with Gasteiger partial charge < -0.3 is 10.4 Å². The van der Waals surface area contributed by atoms with Crippen LogP contribution in [0, 0.1) is 10.1 Å². The molecule has 0 aromatic heterocycles. The van der Waals surface area contributed by atoms with Gasteiger partial charge in [0.25, 0.3) is 5.69 Å². The fourth-order valence-electron chi connectivity index (χ4n) is 2.30. The number of piperazine rings is 1. The maximum absolute atomic E-state index is 11.0. The number of aliphatic hydroxyl groups is 1. The summed E-state index contributed by atoms with van der Waals surface area (Å²) in [5.41, 5.74) is 0.811. The van der Waals surface area contributed by atoms with E-state index in [2.05, 4.69) is 26.1 Å².